The molecule has 0 N–H and O–H groups in total. The van der Waals surface area contributed by atoms with Gasteiger partial charge in [0, 0.05) is 63.2 Å². The van der Waals surface area contributed by atoms with Gasteiger partial charge in [-0.15, -0.1) is 0 Å². The van der Waals surface area contributed by atoms with Gasteiger partial charge in [0.05, 0.1) is 11.2 Å². The van der Waals surface area contributed by atoms with Crippen molar-refractivity contribution < 1.29 is 4.39 Å². The van der Waals surface area contributed by atoms with E-state index in [1.165, 1.54) is 28.3 Å². The molecule has 0 radical (unpaired) electrons. The standard InChI is InChI=1S/C49H30FN3/c50-39-22-20-33(21-23-39)48-47-44-13-4-2-11-42(44)41-10-1-3-12-43(41)46(47)45-15-5-14-40(49(45)53-48)32-18-16-31(17-19-32)36-26-37(34-8-6-24-51-29-34)28-38(27-36)35-9-7-25-52-30-35/h1-30H. The Bertz CT molecular complexity index is 2920. The number of nitrogens with zero attached hydrogens (tertiary/aromatic N) is 3. The van der Waals surface area contributed by atoms with Crippen molar-refractivity contribution in [1.29, 1.82) is 0 Å². The number of hydrogen-bond acceptors (Lipinski definition) is 3. The normalized spacial score (nSPS) is 11.5. The summed E-state index contributed by atoms with van der Waals surface area (Å²) < 4.78 is 14.3. The molecule has 0 saturated heterocycles. The van der Waals surface area contributed by atoms with Crippen LogP contribution in [0.15, 0.2) is 183 Å². The van der Waals surface area contributed by atoms with Gasteiger partial charge < -0.3 is 0 Å². The zero-order valence-electron chi connectivity index (χ0n) is 28.5. The zero-order valence-corrected chi connectivity index (χ0v) is 28.5. The van der Waals surface area contributed by atoms with Gasteiger partial charge in [-0.3, -0.25) is 9.97 Å². The summed E-state index contributed by atoms with van der Waals surface area (Å²) in [4.78, 5) is 14.2. The quantitative estimate of drug-likeness (QED) is 0.170. The minimum absolute atomic E-state index is 0.270. The van der Waals surface area contributed by atoms with E-state index in [1.807, 2.05) is 36.7 Å². The fourth-order valence-electron chi connectivity index (χ4n) is 7.79. The fourth-order valence-corrected chi connectivity index (χ4v) is 7.79. The third-order valence-electron chi connectivity index (χ3n) is 10.3. The molecule has 3 heterocycles. The van der Waals surface area contributed by atoms with Gasteiger partial charge in [-0.2, -0.15) is 0 Å². The van der Waals surface area contributed by atoms with Gasteiger partial charge in [0.15, 0.2) is 0 Å². The Kier molecular flexibility index (Phi) is 7.33. The lowest BCUT2D eigenvalue weighted by atomic mass is 9.88. The molecular weight excluding hydrogens is 650 g/mol. The van der Waals surface area contributed by atoms with E-state index in [0.717, 1.165) is 82.8 Å². The highest BCUT2D eigenvalue weighted by Gasteiger charge is 2.19. The summed E-state index contributed by atoms with van der Waals surface area (Å²) in [6.45, 7) is 0. The number of halogens is 1. The molecule has 10 rings (SSSR count). The number of hydrogen-bond donors (Lipinski definition) is 0. The average Bonchev–Trinajstić information content (AvgIpc) is 3.24. The van der Waals surface area contributed by atoms with Gasteiger partial charge in [-0.05, 0) is 104 Å². The molecule has 4 heteroatoms. The Morgan fingerprint density at radius 3 is 1.45 bits per heavy atom. The molecule has 0 saturated carbocycles. The second kappa shape index (κ2) is 12.6. The van der Waals surface area contributed by atoms with E-state index in [9.17, 15) is 4.39 Å². The molecule has 248 valence electrons. The first-order valence-electron chi connectivity index (χ1n) is 17.7. The SMILES string of the molecule is Fc1ccc(-c2nc3c(-c4ccc(-c5cc(-c6cccnc6)cc(-c6cccnc6)c5)cc4)cccc3c3c4ccccc4c4ccccc4c23)cc1. The highest BCUT2D eigenvalue weighted by atomic mass is 19.1. The van der Waals surface area contributed by atoms with E-state index >= 15 is 0 Å². The number of pyridine rings is 3. The van der Waals surface area contributed by atoms with Gasteiger partial charge in [-0.1, -0.05) is 103 Å². The summed E-state index contributed by atoms with van der Waals surface area (Å²) in [7, 11) is 0. The number of rotatable bonds is 5. The van der Waals surface area contributed by atoms with Crippen molar-refractivity contribution in [3.63, 3.8) is 0 Å². The molecule has 0 aliphatic heterocycles. The van der Waals surface area contributed by atoms with Crippen LogP contribution in [0, 0.1) is 5.82 Å². The monoisotopic (exact) mass is 679 g/mol. The van der Waals surface area contributed by atoms with Crippen LogP contribution in [0.25, 0.3) is 99.0 Å². The smallest absolute Gasteiger partial charge is 0.123 e. The Balaban J connectivity index is 1.19. The van der Waals surface area contributed by atoms with Crippen molar-refractivity contribution in [2.75, 3.05) is 0 Å². The second-order valence-corrected chi connectivity index (χ2v) is 13.4. The summed E-state index contributed by atoms with van der Waals surface area (Å²) >= 11 is 0. The minimum Gasteiger partial charge on any atom is -0.264 e. The third-order valence-corrected chi connectivity index (χ3v) is 10.3. The largest absolute Gasteiger partial charge is 0.264 e. The van der Waals surface area contributed by atoms with Crippen LogP contribution < -0.4 is 0 Å². The van der Waals surface area contributed by atoms with Crippen LogP contribution >= 0.6 is 0 Å². The molecule has 0 aliphatic carbocycles. The Morgan fingerprint density at radius 2 is 0.868 bits per heavy atom. The van der Waals surface area contributed by atoms with Crippen LogP contribution in [-0.4, -0.2) is 15.0 Å². The first kappa shape index (κ1) is 30.8. The van der Waals surface area contributed by atoms with Gasteiger partial charge in [-0.25, -0.2) is 9.37 Å². The molecule has 0 aliphatic rings. The molecule has 0 unspecified atom stereocenters. The van der Waals surface area contributed by atoms with Crippen molar-refractivity contribution in [3.8, 4) is 55.8 Å². The number of fused-ring (bicyclic) bond motifs is 8. The summed E-state index contributed by atoms with van der Waals surface area (Å²) in [5.74, 6) is -0.270. The Labute approximate surface area is 305 Å². The molecule has 10 aromatic rings. The van der Waals surface area contributed by atoms with Crippen molar-refractivity contribution in [3.05, 3.63) is 188 Å². The van der Waals surface area contributed by atoms with Crippen molar-refractivity contribution in [1.82, 2.24) is 15.0 Å². The van der Waals surface area contributed by atoms with Gasteiger partial charge >= 0.3 is 0 Å². The minimum atomic E-state index is -0.270. The average molecular weight is 680 g/mol. The molecular formula is C49H30FN3. The van der Waals surface area contributed by atoms with E-state index in [4.69, 9.17) is 4.98 Å². The lowest BCUT2D eigenvalue weighted by Gasteiger charge is -2.18. The van der Waals surface area contributed by atoms with Crippen LogP contribution in [0.1, 0.15) is 0 Å². The van der Waals surface area contributed by atoms with E-state index in [-0.39, 0.29) is 5.82 Å². The van der Waals surface area contributed by atoms with E-state index < -0.39 is 0 Å². The topological polar surface area (TPSA) is 38.7 Å². The number of benzene rings is 7. The predicted molar refractivity (Wildman–Crippen MR) is 217 cm³/mol. The Hall–Kier alpha value is -7.04. The molecule has 3 aromatic heterocycles. The molecule has 53 heavy (non-hydrogen) atoms. The molecule has 0 spiro atoms. The van der Waals surface area contributed by atoms with E-state index in [0.29, 0.717) is 0 Å². The van der Waals surface area contributed by atoms with Crippen molar-refractivity contribution in [2.24, 2.45) is 0 Å². The van der Waals surface area contributed by atoms with Crippen LogP contribution in [-0.2, 0) is 0 Å². The molecule has 0 amide bonds. The van der Waals surface area contributed by atoms with Crippen LogP contribution in [0.3, 0.4) is 0 Å². The predicted octanol–water partition coefficient (Wildman–Crippen LogP) is 13.0. The summed E-state index contributed by atoms with van der Waals surface area (Å²) in [5.41, 5.74) is 11.2. The van der Waals surface area contributed by atoms with Crippen LogP contribution in [0.2, 0.25) is 0 Å². The van der Waals surface area contributed by atoms with Gasteiger partial charge in [0.25, 0.3) is 0 Å². The molecule has 0 bridgehead atoms. The van der Waals surface area contributed by atoms with E-state index in [1.54, 1.807) is 12.4 Å². The van der Waals surface area contributed by atoms with Crippen LogP contribution in [0.4, 0.5) is 4.39 Å². The second-order valence-electron chi connectivity index (χ2n) is 13.4. The maximum absolute atomic E-state index is 14.3. The third kappa shape index (κ3) is 5.31. The Morgan fingerprint density at radius 1 is 0.358 bits per heavy atom. The van der Waals surface area contributed by atoms with Crippen molar-refractivity contribution in [2.45, 2.75) is 0 Å². The summed E-state index contributed by atoms with van der Waals surface area (Å²) in [6.07, 6.45) is 7.40. The van der Waals surface area contributed by atoms with Crippen LogP contribution in [0.5, 0.6) is 0 Å². The summed E-state index contributed by atoms with van der Waals surface area (Å²) in [5, 5.41) is 7.97. The highest BCUT2D eigenvalue weighted by molar-refractivity contribution is 6.34. The van der Waals surface area contributed by atoms with Gasteiger partial charge in [0.1, 0.15) is 5.82 Å². The van der Waals surface area contributed by atoms with E-state index in [2.05, 4.69) is 131 Å². The summed E-state index contributed by atoms with van der Waals surface area (Å²) in [6, 6.07) is 53.8. The van der Waals surface area contributed by atoms with Crippen molar-refractivity contribution >= 4 is 43.2 Å². The fraction of sp³-hybridized carbons (Fsp3) is 0. The first-order valence-corrected chi connectivity index (χ1v) is 17.7. The molecule has 0 atom stereocenters. The first-order chi connectivity index (χ1) is 26.2. The zero-order chi connectivity index (χ0) is 35.3. The maximum Gasteiger partial charge on any atom is 0.123 e. The number of para-hydroxylation sites is 1. The highest BCUT2D eigenvalue weighted by Crippen LogP contribution is 2.44. The molecule has 3 nitrogen and oxygen atoms in total. The maximum atomic E-state index is 14.3. The van der Waals surface area contributed by atoms with Gasteiger partial charge in [0.2, 0.25) is 0 Å². The molecule has 7 aromatic carbocycles. The lowest BCUT2D eigenvalue weighted by molar-refractivity contribution is 0.628. The molecule has 0 fully saturated rings. The lowest BCUT2D eigenvalue weighted by Crippen LogP contribution is -1.95. The number of aromatic nitrogens is 3.